The van der Waals surface area contributed by atoms with E-state index in [0.29, 0.717) is 24.6 Å². The Morgan fingerprint density at radius 3 is 1.97 bits per heavy atom. The van der Waals surface area contributed by atoms with Crippen LogP contribution in [0.1, 0.15) is 24.0 Å². The van der Waals surface area contributed by atoms with Crippen molar-refractivity contribution in [1.29, 1.82) is 0 Å². The summed E-state index contributed by atoms with van der Waals surface area (Å²) in [5.41, 5.74) is 3.12. The van der Waals surface area contributed by atoms with Gasteiger partial charge in [0.2, 0.25) is 5.91 Å². The largest absolute Gasteiger partial charge is 0.336 e. The highest BCUT2D eigenvalue weighted by Gasteiger charge is 2.42. The SMILES string of the molecule is O=C(C[C@@H]1C(=O)N(CCc2ccccc2)C(=S)N1CCCc1ccccc1)Nc1ccccc1. The summed E-state index contributed by atoms with van der Waals surface area (Å²) >= 11 is 5.74. The van der Waals surface area contributed by atoms with Crippen molar-refractivity contribution in [3.63, 3.8) is 0 Å². The molecule has 0 aliphatic carbocycles. The molecular formula is C28H29N3O2S. The van der Waals surface area contributed by atoms with Crippen molar-refractivity contribution in [2.45, 2.75) is 31.7 Å². The van der Waals surface area contributed by atoms with E-state index in [1.54, 1.807) is 4.90 Å². The minimum absolute atomic E-state index is 0.0705. The van der Waals surface area contributed by atoms with Crippen LogP contribution in [0.4, 0.5) is 5.69 Å². The fourth-order valence-corrected chi connectivity index (χ4v) is 4.64. The maximum Gasteiger partial charge on any atom is 0.252 e. The molecule has 1 saturated heterocycles. The van der Waals surface area contributed by atoms with Crippen molar-refractivity contribution in [3.05, 3.63) is 102 Å². The minimum atomic E-state index is -0.581. The van der Waals surface area contributed by atoms with Crippen molar-refractivity contribution in [1.82, 2.24) is 9.80 Å². The molecule has 3 aromatic carbocycles. The zero-order valence-corrected chi connectivity index (χ0v) is 19.9. The van der Waals surface area contributed by atoms with E-state index < -0.39 is 6.04 Å². The number of hydrogen-bond acceptors (Lipinski definition) is 3. The van der Waals surface area contributed by atoms with Crippen molar-refractivity contribution in [2.75, 3.05) is 18.4 Å². The molecule has 6 heteroatoms. The van der Waals surface area contributed by atoms with Crippen LogP contribution in [-0.2, 0) is 22.4 Å². The third-order valence-electron chi connectivity index (χ3n) is 6.01. The van der Waals surface area contributed by atoms with E-state index in [9.17, 15) is 9.59 Å². The standard InChI is InChI=1S/C28H29N3O2S/c32-26(29-24-16-8-3-9-17-24)21-25-27(33)31(20-18-23-13-6-2-7-14-23)28(34)30(25)19-10-15-22-11-4-1-5-12-22/h1-9,11-14,16-17,25H,10,15,18-21H2,(H,29,32)/t25-/m1/s1. The fourth-order valence-electron chi connectivity index (χ4n) is 4.24. The smallest absolute Gasteiger partial charge is 0.252 e. The molecule has 0 saturated carbocycles. The summed E-state index contributed by atoms with van der Waals surface area (Å²) in [6.45, 7) is 1.14. The number of benzene rings is 3. The van der Waals surface area contributed by atoms with E-state index in [4.69, 9.17) is 12.2 Å². The summed E-state index contributed by atoms with van der Waals surface area (Å²) in [6.07, 6.45) is 2.52. The lowest BCUT2D eigenvalue weighted by molar-refractivity contribution is -0.130. The molecule has 0 spiro atoms. The molecule has 1 N–H and O–H groups in total. The first-order valence-corrected chi connectivity index (χ1v) is 12.1. The lowest BCUT2D eigenvalue weighted by Gasteiger charge is -2.24. The van der Waals surface area contributed by atoms with Crippen molar-refractivity contribution < 1.29 is 9.59 Å². The number of rotatable bonds is 10. The van der Waals surface area contributed by atoms with E-state index in [1.807, 2.05) is 83.8 Å². The Bertz CT molecular complexity index is 1110. The van der Waals surface area contributed by atoms with Crippen LogP contribution in [0.3, 0.4) is 0 Å². The number of para-hydroxylation sites is 1. The van der Waals surface area contributed by atoms with Crippen LogP contribution in [0.15, 0.2) is 91.0 Å². The lowest BCUT2D eigenvalue weighted by atomic mass is 10.1. The average molecular weight is 472 g/mol. The Hall–Kier alpha value is -3.51. The molecule has 34 heavy (non-hydrogen) atoms. The summed E-state index contributed by atoms with van der Waals surface area (Å²) in [4.78, 5) is 29.8. The molecule has 3 aromatic rings. The second kappa shape index (κ2) is 11.6. The van der Waals surface area contributed by atoms with Crippen LogP contribution in [0.2, 0.25) is 0 Å². The third-order valence-corrected chi connectivity index (χ3v) is 6.47. The van der Waals surface area contributed by atoms with Crippen LogP contribution >= 0.6 is 12.2 Å². The van der Waals surface area contributed by atoms with Gasteiger partial charge in [0.05, 0.1) is 6.42 Å². The summed E-state index contributed by atoms with van der Waals surface area (Å²) in [6, 6.07) is 29.0. The topological polar surface area (TPSA) is 52.7 Å². The number of carbonyl (C=O) groups is 2. The quantitative estimate of drug-likeness (QED) is 0.436. The third kappa shape index (κ3) is 6.08. The van der Waals surface area contributed by atoms with Gasteiger partial charge in [-0.15, -0.1) is 0 Å². The van der Waals surface area contributed by atoms with Crippen molar-refractivity contribution >= 4 is 34.8 Å². The van der Waals surface area contributed by atoms with Gasteiger partial charge >= 0.3 is 0 Å². The number of aryl methyl sites for hydroxylation is 1. The molecule has 1 aliphatic heterocycles. The number of amides is 2. The first kappa shape index (κ1) is 23.6. The van der Waals surface area contributed by atoms with Gasteiger partial charge in [-0.05, 0) is 54.7 Å². The average Bonchev–Trinajstić information content (AvgIpc) is 3.08. The van der Waals surface area contributed by atoms with Crippen LogP contribution in [0.25, 0.3) is 0 Å². The number of nitrogens with one attached hydrogen (secondary N) is 1. The number of thiocarbonyl (C=S) groups is 1. The predicted molar refractivity (Wildman–Crippen MR) is 139 cm³/mol. The van der Waals surface area contributed by atoms with E-state index >= 15 is 0 Å². The predicted octanol–water partition coefficient (Wildman–Crippen LogP) is 4.69. The second-order valence-corrected chi connectivity index (χ2v) is 8.79. The molecule has 0 radical (unpaired) electrons. The Morgan fingerprint density at radius 1 is 0.794 bits per heavy atom. The Morgan fingerprint density at radius 2 is 1.35 bits per heavy atom. The molecule has 4 rings (SSSR count). The van der Waals surface area contributed by atoms with Gasteiger partial charge in [-0.2, -0.15) is 0 Å². The summed E-state index contributed by atoms with van der Waals surface area (Å²) in [5, 5.41) is 3.42. The van der Waals surface area contributed by atoms with Crippen LogP contribution < -0.4 is 5.32 Å². The van der Waals surface area contributed by atoms with Gasteiger partial charge in [-0.3, -0.25) is 14.5 Å². The Balaban J connectivity index is 1.44. The van der Waals surface area contributed by atoms with Gasteiger partial charge in [-0.25, -0.2) is 0 Å². The highest BCUT2D eigenvalue weighted by molar-refractivity contribution is 7.80. The van der Waals surface area contributed by atoms with E-state index in [1.165, 1.54) is 5.56 Å². The molecule has 2 amide bonds. The molecule has 1 heterocycles. The zero-order valence-electron chi connectivity index (χ0n) is 19.1. The van der Waals surface area contributed by atoms with Gasteiger partial charge in [-0.1, -0.05) is 78.9 Å². The lowest BCUT2D eigenvalue weighted by Crippen LogP contribution is -2.38. The van der Waals surface area contributed by atoms with E-state index in [2.05, 4.69) is 17.4 Å². The first-order chi connectivity index (χ1) is 16.6. The normalized spacial score (nSPS) is 15.6. The molecular weight excluding hydrogens is 442 g/mol. The maximum absolute atomic E-state index is 13.4. The monoisotopic (exact) mass is 471 g/mol. The summed E-state index contributed by atoms with van der Waals surface area (Å²) in [5.74, 6) is -0.283. The van der Waals surface area contributed by atoms with E-state index in [-0.39, 0.29) is 18.2 Å². The van der Waals surface area contributed by atoms with Gasteiger partial charge in [0, 0.05) is 18.8 Å². The van der Waals surface area contributed by atoms with Crippen molar-refractivity contribution in [2.24, 2.45) is 0 Å². The highest BCUT2D eigenvalue weighted by Crippen LogP contribution is 2.23. The second-order valence-electron chi connectivity index (χ2n) is 8.42. The molecule has 174 valence electrons. The zero-order chi connectivity index (χ0) is 23.8. The van der Waals surface area contributed by atoms with Gasteiger partial charge in [0.25, 0.3) is 5.91 Å². The molecule has 0 unspecified atom stereocenters. The molecule has 0 aromatic heterocycles. The molecule has 1 aliphatic rings. The number of carbonyl (C=O) groups excluding carboxylic acids is 2. The highest BCUT2D eigenvalue weighted by atomic mass is 32.1. The summed E-state index contributed by atoms with van der Waals surface area (Å²) < 4.78 is 0. The van der Waals surface area contributed by atoms with E-state index in [0.717, 1.165) is 24.1 Å². The van der Waals surface area contributed by atoms with Gasteiger partial charge < -0.3 is 10.2 Å². The minimum Gasteiger partial charge on any atom is -0.336 e. The number of nitrogens with zero attached hydrogens (tertiary/aromatic N) is 2. The number of hydrogen-bond donors (Lipinski definition) is 1. The molecule has 5 nitrogen and oxygen atoms in total. The molecule has 0 bridgehead atoms. The molecule has 1 fully saturated rings. The molecule has 1 atom stereocenters. The first-order valence-electron chi connectivity index (χ1n) is 11.7. The number of anilines is 1. The van der Waals surface area contributed by atoms with Crippen LogP contribution in [0.5, 0.6) is 0 Å². The Kier molecular flexibility index (Phi) is 8.04. The van der Waals surface area contributed by atoms with Gasteiger partial charge in [0.15, 0.2) is 5.11 Å². The van der Waals surface area contributed by atoms with Crippen LogP contribution in [-0.4, -0.2) is 45.9 Å². The Labute approximate surface area is 206 Å². The van der Waals surface area contributed by atoms with Crippen molar-refractivity contribution in [3.8, 4) is 0 Å². The maximum atomic E-state index is 13.4. The van der Waals surface area contributed by atoms with Gasteiger partial charge in [0.1, 0.15) is 6.04 Å². The summed E-state index contributed by atoms with van der Waals surface area (Å²) in [7, 11) is 0. The van der Waals surface area contributed by atoms with Crippen LogP contribution in [0, 0.1) is 0 Å². The fraction of sp³-hybridized carbons (Fsp3) is 0.250.